The van der Waals surface area contributed by atoms with Gasteiger partial charge in [-0.3, -0.25) is 0 Å². The summed E-state index contributed by atoms with van der Waals surface area (Å²) in [5, 5.41) is 0.970. The van der Waals surface area contributed by atoms with Crippen LogP contribution in [0.4, 0.5) is 5.82 Å². The SMILES string of the molecule is CCc1nc(N2CCC(CCP(O)O)CC2)c2cc(OC)c(OC)cc2n1. The van der Waals surface area contributed by atoms with Crippen molar-refractivity contribution in [1.29, 1.82) is 0 Å². The Balaban J connectivity index is 1.89. The Morgan fingerprint density at radius 1 is 1.11 bits per heavy atom. The molecule has 2 N–H and O–H groups in total. The molecule has 0 unspecified atom stereocenters. The van der Waals surface area contributed by atoms with Crippen molar-refractivity contribution in [1.82, 2.24) is 9.97 Å². The van der Waals surface area contributed by atoms with Gasteiger partial charge in [0.1, 0.15) is 11.6 Å². The molecule has 0 aliphatic carbocycles. The normalized spacial score (nSPS) is 15.6. The summed E-state index contributed by atoms with van der Waals surface area (Å²) in [6.07, 6.45) is 4.22. The summed E-state index contributed by atoms with van der Waals surface area (Å²) in [5.74, 6) is 3.65. The molecule has 1 fully saturated rings. The highest BCUT2D eigenvalue weighted by molar-refractivity contribution is 7.45. The fourth-order valence-corrected chi connectivity index (χ4v) is 4.21. The highest BCUT2D eigenvalue weighted by Gasteiger charge is 2.23. The van der Waals surface area contributed by atoms with E-state index < -0.39 is 8.38 Å². The van der Waals surface area contributed by atoms with Gasteiger partial charge in [0, 0.05) is 37.1 Å². The van der Waals surface area contributed by atoms with Crippen molar-refractivity contribution in [3.05, 3.63) is 18.0 Å². The van der Waals surface area contributed by atoms with E-state index in [2.05, 4.69) is 16.8 Å². The third kappa shape index (κ3) is 4.60. The van der Waals surface area contributed by atoms with Crippen molar-refractivity contribution in [2.75, 3.05) is 38.4 Å². The summed E-state index contributed by atoms with van der Waals surface area (Å²) >= 11 is 0. The minimum atomic E-state index is -1.78. The number of rotatable bonds is 7. The van der Waals surface area contributed by atoms with Crippen LogP contribution in [0.2, 0.25) is 0 Å². The molecule has 1 aromatic carbocycles. The summed E-state index contributed by atoms with van der Waals surface area (Å²) in [5.41, 5.74) is 0.864. The van der Waals surface area contributed by atoms with Crippen LogP contribution >= 0.6 is 8.38 Å². The fraction of sp³-hybridized carbons (Fsp3) is 0.579. The van der Waals surface area contributed by atoms with Crippen LogP contribution in [-0.2, 0) is 6.42 Å². The van der Waals surface area contributed by atoms with Crippen LogP contribution in [0.15, 0.2) is 12.1 Å². The van der Waals surface area contributed by atoms with Gasteiger partial charge in [0.15, 0.2) is 19.9 Å². The third-order valence-corrected chi connectivity index (χ3v) is 5.85. The lowest BCUT2D eigenvalue weighted by Crippen LogP contribution is -2.34. The molecule has 2 aromatic rings. The number of benzene rings is 1. The Kier molecular flexibility index (Phi) is 6.68. The van der Waals surface area contributed by atoms with Gasteiger partial charge in [0.05, 0.1) is 19.7 Å². The average Bonchev–Trinajstić information content (AvgIpc) is 2.70. The minimum Gasteiger partial charge on any atom is -0.493 e. The maximum Gasteiger partial charge on any atom is 0.164 e. The Morgan fingerprint density at radius 3 is 2.37 bits per heavy atom. The molecule has 1 aliphatic rings. The first-order valence-corrected chi connectivity index (χ1v) is 10.8. The molecule has 2 heterocycles. The van der Waals surface area contributed by atoms with Crippen molar-refractivity contribution in [3.63, 3.8) is 0 Å². The average molecular weight is 393 g/mol. The van der Waals surface area contributed by atoms with Crippen molar-refractivity contribution in [3.8, 4) is 11.5 Å². The zero-order valence-corrected chi connectivity index (χ0v) is 17.1. The molecule has 0 atom stereocenters. The number of aromatic nitrogens is 2. The van der Waals surface area contributed by atoms with Crippen molar-refractivity contribution in [2.45, 2.75) is 32.6 Å². The topological polar surface area (TPSA) is 87.9 Å². The van der Waals surface area contributed by atoms with Crippen molar-refractivity contribution in [2.24, 2.45) is 5.92 Å². The largest absolute Gasteiger partial charge is 0.493 e. The summed E-state index contributed by atoms with van der Waals surface area (Å²) in [4.78, 5) is 30.1. The number of aryl methyl sites for hydroxylation is 1. The first-order valence-electron chi connectivity index (χ1n) is 9.38. The van der Waals surface area contributed by atoms with Crippen LogP contribution in [0, 0.1) is 5.92 Å². The highest BCUT2D eigenvalue weighted by Crippen LogP contribution is 2.37. The zero-order chi connectivity index (χ0) is 19.4. The molecule has 148 valence electrons. The van der Waals surface area contributed by atoms with Crippen LogP contribution in [0.5, 0.6) is 11.5 Å². The van der Waals surface area contributed by atoms with Crippen LogP contribution < -0.4 is 14.4 Å². The highest BCUT2D eigenvalue weighted by atomic mass is 31.2. The zero-order valence-electron chi connectivity index (χ0n) is 16.2. The lowest BCUT2D eigenvalue weighted by molar-refractivity contribution is 0.355. The van der Waals surface area contributed by atoms with Crippen LogP contribution in [-0.4, -0.2) is 53.2 Å². The number of hydrogen-bond donors (Lipinski definition) is 2. The lowest BCUT2D eigenvalue weighted by atomic mass is 9.94. The third-order valence-electron chi connectivity index (χ3n) is 5.19. The van der Waals surface area contributed by atoms with E-state index in [1.54, 1.807) is 14.2 Å². The smallest absolute Gasteiger partial charge is 0.164 e. The fourth-order valence-electron chi connectivity index (χ4n) is 3.62. The second kappa shape index (κ2) is 9.00. The quantitative estimate of drug-likeness (QED) is 0.699. The van der Waals surface area contributed by atoms with Crippen molar-refractivity contribution < 1.29 is 19.3 Å². The number of ether oxygens (including phenoxy) is 2. The Hall–Kier alpha value is -1.69. The van der Waals surface area contributed by atoms with E-state index in [0.29, 0.717) is 23.6 Å². The number of nitrogens with zero attached hydrogens (tertiary/aromatic N) is 3. The Labute approximate surface area is 161 Å². The van der Waals surface area contributed by atoms with Gasteiger partial charge in [-0.05, 0) is 31.2 Å². The molecule has 7 nitrogen and oxygen atoms in total. The van der Waals surface area contributed by atoms with Crippen LogP contribution in [0.25, 0.3) is 10.9 Å². The molecule has 3 rings (SSSR count). The summed E-state index contributed by atoms with van der Waals surface area (Å²) < 4.78 is 10.9. The molecular weight excluding hydrogens is 365 g/mol. The molecule has 1 aromatic heterocycles. The second-order valence-corrected chi connectivity index (χ2v) is 8.05. The van der Waals surface area contributed by atoms with E-state index in [0.717, 1.165) is 61.3 Å². The molecule has 0 spiro atoms. The van der Waals surface area contributed by atoms with Gasteiger partial charge < -0.3 is 24.2 Å². The van der Waals surface area contributed by atoms with Gasteiger partial charge in [-0.2, -0.15) is 0 Å². The van der Waals surface area contributed by atoms with E-state index in [4.69, 9.17) is 24.2 Å². The number of piperidine rings is 1. The van der Waals surface area contributed by atoms with Crippen molar-refractivity contribution >= 4 is 25.1 Å². The van der Waals surface area contributed by atoms with Gasteiger partial charge in [-0.1, -0.05) is 6.92 Å². The van der Waals surface area contributed by atoms with Gasteiger partial charge in [-0.15, -0.1) is 0 Å². The molecule has 0 amide bonds. The molecule has 1 aliphatic heterocycles. The molecule has 0 saturated carbocycles. The molecule has 1 saturated heterocycles. The summed E-state index contributed by atoms with van der Waals surface area (Å²) in [7, 11) is 1.48. The maximum atomic E-state index is 9.15. The standard InChI is InChI=1S/C19H28N3O4P/c1-4-18-20-15-12-17(26-3)16(25-2)11-14(15)19(21-18)22-8-5-13(6-9-22)7-10-27(23)24/h11-13,23-24H,4-10H2,1-3H3. The van der Waals surface area contributed by atoms with E-state index >= 15 is 0 Å². The number of hydrogen-bond acceptors (Lipinski definition) is 7. The number of fused-ring (bicyclic) bond motifs is 1. The molecule has 8 heteroatoms. The molecule has 27 heavy (non-hydrogen) atoms. The number of anilines is 1. The van der Waals surface area contributed by atoms with E-state index in [1.165, 1.54) is 0 Å². The Morgan fingerprint density at radius 2 is 1.78 bits per heavy atom. The maximum absolute atomic E-state index is 9.15. The predicted octanol–water partition coefficient (Wildman–Crippen LogP) is 3.11. The van der Waals surface area contributed by atoms with Crippen LogP contribution in [0.3, 0.4) is 0 Å². The predicted molar refractivity (Wildman–Crippen MR) is 108 cm³/mol. The van der Waals surface area contributed by atoms with Gasteiger partial charge in [0.2, 0.25) is 0 Å². The van der Waals surface area contributed by atoms with Gasteiger partial charge in [-0.25, -0.2) is 9.97 Å². The Bertz CT molecular complexity index is 779. The number of methoxy groups -OCH3 is 2. The van der Waals surface area contributed by atoms with E-state index in [9.17, 15) is 0 Å². The van der Waals surface area contributed by atoms with Gasteiger partial charge in [0.25, 0.3) is 0 Å². The summed E-state index contributed by atoms with van der Waals surface area (Å²) in [6.45, 7) is 3.87. The summed E-state index contributed by atoms with van der Waals surface area (Å²) in [6, 6.07) is 3.87. The minimum absolute atomic E-state index is 0.507. The first kappa shape index (κ1) is 20.1. The van der Waals surface area contributed by atoms with E-state index in [-0.39, 0.29) is 0 Å². The molecule has 0 radical (unpaired) electrons. The molecule has 0 bridgehead atoms. The van der Waals surface area contributed by atoms with E-state index in [1.807, 2.05) is 12.1 Å². The lowest BCUT2D eigenvalue weighted by Gasteiger charge is -2.33. The molecular formula is C19H28N3O4P. The second-order valence-electron chi connectivity index (χ2n) is 6.86. The first-order chi connectivity index (χ1) is 13.0. The monoisotopic (exact) mass is 393 g/mol. The van der Waals surface area contributed by atoms with Gasteiger partial charge >= 0.3 is 0 Å². The van der Waals surface area contributed by atoms with Crippen LogP contribution in [0.1, 0.15) is 32.0 Å².